The number of nitrogens with zero attached hydrogens (tertiary/aromatic N) is 2. The molecule has 2 N–H and O–H groups in total. The van der Waals surface area contributed by atoms with E-state index >= 15 is 0 Å². The summed E-state index contributed by atoms with van der Waals surface area (Å²) in [6.07, 6.45) is 1.02. The standard InChI is InChI=1S/C15H18N4S2/c1-4-10-8-11-13(17-9(2)12-6-5-7-20-12)18-15(16-3)19-14(11)21-10/h5-9H,4H2,1-3H3,(H2,16,17,18,19). The summed E-state index contributed by atoms with van der Waals surface area (Å²) in [5.74, 6) is 1.56. The molecule has 0 bridgehead atoms. The maximum atomic E-state index is 4.59. The Hall–Kier alpha value is -1.66. The minimum atomic E-state index is 0.234. The van der Waals surface area contributed by atoms with Gasteiger partial charge < -0.3 is 10.6 Å². The van der Waals surface area contributed by atoms with Gasteiger partial charge in [0.15, 0.2) is 0 Å². The summed E-state index contributed by atoms with van der Waals surface area (Å²) < 4.78 is 0. The number of aryl methyl sites for hydroxylation is 1. The summed E-state index contributed by atoms with van der Waals surface area (Å²) in [6.45, 7) is 4.32. The average Bonchev–Trinajstić information content (AvgIpc) is 3.15. The van der Waals surface area contributed by atoms with Gasteiger partial charge in [-0.15, -0.1) is 22.7 Å². The molecule has 0 aliphatic heterocycles. The van der Waals surface area contributed by atoms with Crippen molar-refractivity contribution in [2.45, 2.75) is 26.3 Å². The van der Waals surface area contributed by atoms with Crippen molar-refractivity contribution in [3.8, 4) is 0 Å². The van der Waals surface area contributed by atoms with Crippen molar-refractivity contribution in [1.29, 1.82) is 0 Å². The van der Waals surface area contributed by atoms with Gasteiger partial charge in [-0.2, -0.15) is 4.98 Å². The monoisotopic (exact) mass is 318 g/mol. The topological polar surface area (TPSA) is 49.8 Å². The van der Waals surface area contributed by atoms with Crippen LogP contribution in [-0.2, 0) is 6.42 Å². The van der Waals surface area contributed by atoms with E-state index in [0.29, 0.717) is 5.95 Å². The Kier molecular flexibility index (Phi) is 4.07. The van der Waals surface area contributed by atoms with Crippen molar-refractivity contribution in [1.82, 2.24) is 9.97 Å². The van der Waals surface area contributed by atoms with Gasteiger partial charge in [-0.3, -0.25) is 0 Å². The summed E-state index contributed by atoms with van der Waals surface area (Å²) in [5, 5.41) is 9.78. The molecule has 3 aromatic heterocycles. The second kappa shape index (κ2) is 5.99. The van der Waals surface area contributed by atoms with E-state index in [1.165, 1.54) is 9.75 Å². The van der Waals surface area contributed by atoms with Crippen molar-refractivity contribution in [3.63, 3.8) is 0 Å². The highest BCUT2D eigenvalue weighted by Crippen LogP contribution is 2.32. The van der Waals surface area contributed by atoms with Gasteiger partial charge >= 0.3 is 0 Å². The molecule has 110 valence electrons. The molecule has 3 aromatic rings. The number of thiophene rings is 2. The predicted octanol–water partition coefficient (Wildman–Crippen LogP) is 4.53. The summed E-state index contributed by atoms with van der Waals surface area (Å²) in [5.41, 5.74) is 0. The second-order valence-corrected chi connectivity index (χ2v) is 6.91. The summed E-state index contributed by atoms with van der Waals surface area (Å²) in [7, 11) is 1.85. The third kappa shape index (κ3) is 2.87. The Morgan fingerprint density at radius 3 is 2.86 bits per heavy atom. The molecule has 3 rings (SSSR count). The van der Waals surface area contributed by atoms with Crippen LogP contribution in [0, 0.1) is 0 Å². The van der Waals surface area contributed by atoms with Gasteiger partial charge in [0.1, 0.15) is 10.6 Å². The fourth-order valence-corrected chi connectivity index (χ4v) is 3.88. The third-order valence-electron chi connectivity index (χ3n) is 3.34. The van der Waals surface area contributed by atoms with Crippen molar-refractivity contribution >= 4 is 44.7 Å². The molecule has 3 heterocycles. The van der Waals surface area contributed by atoms with Crippen molar-refractivity contribution < 1.29 is 0 Å². The largest absolute Gasteiger partial charge is 0.362 e. The molecule has 1 atom stereocenters. The smallest absolute Gasteiger partial charge is 0.225 e. The average molecular weight is 318 g/mol. The molecule has 0 aliphatic rings. The molecule has 21 heavy (non-hydrogen) atoms. The van der Waals surface area contributed by atoms with Crippen LogP contribution in [0.4, 0.5) is 11.8 Å². The normalized spacial score (nSPS) is 12.5. The lowest BCUT2D eigenvalue weighted by atomic mass is 10.2. The number of hydrogen-bond acceptors (Lipinski definition) is 6. The molecule has 4 nitrogen and oxygen atoms in total. The number of anilines is 2. The lowest BCUT2D eigenvalue weighted by Gasteiger charge is -2.14. The van der Waals surface area contributed by atoms with Crippen LogP contribution in [0.5, 0.6) is 0 Å². The Balaban J connectivity index is 2.01. The van der Waals surface area contributed by atoms with Gasteiger partial charge in [0.2, 0.25) is 5.95 Å². The molecule has 0 aliphatic carbocycles. The van der Waals surface area contributed by atoms with E-state index in [-0.39, 0.29) is 6.04 Å². The fourth-order valence-electron chi connectivity index (χ4n) is 2.18. The Bertz CT molecular complexity index is 734. The molecule has 0 spiro atoms. The van der Waals surface area contributed by atoms with Crippen LogP contribution in [0.2, 0.25) is 0 Å². The van der Waals surface area contributed by atoms with Crippen LogP contribution in [0.15, 0.2) is 23.6 Å². The van der Waals surface area contributed by atoms with E-state index in [4.69, 9.17) is 0 Å². The maximum absolute atomic E-state index is 4.59. The summed E-state index contributed by atoms with van der Waals surface area (Å²) in [6, 6.07) is 6.65. The number of hydrogen-bond donors (Lipinski definition) is 2. The minimum absolute atomic E-state index is 0.234. The van der Waals surface area contributed by atoms with Crippen LogP contribution in [-0.4, -0.2) is 17.0 Å². The van der Waals surface area contributed by atoms with Crippen molar-refractivity contribution in [3.05, 3.63) is 33.3 Å². The molecule has 0 radical (unpaired) electrons. The lowest BCUT2D eigenvalue weighted by molar-refractivity contribution is 0.898. The zero-order valence-corrected chi connectivity index (χ0v) is 13.9. The second-order valence-electron chi connectivity index (χ2n) is 4.81. The minimum Gasteiger partial charge on any atom is -0.362 e. The highest BCUT2D eigenvalue weighted by Gasteiger charge is 2.14. The quantitative estimate of drug-likeness (QED) is 0.725. The zero-order chi connectivity index (χ0) is 14.8. The first-order chi connectivity index (χ1) is 10.2. The van der Waals surface area contributed by atoms with Gasteiger partial charge in [0.25, 0.3) is 0 Å². The molecule has 6 heteroatoms. The number of aromatic nitrogens is 2. The SMILES string of the molecule is CCc1cc2c(NC(C)c3cccs3)nc(NC)nc2s1. The molecule has 0 aromatic carbocycles. The molecule has 0 saturated carbocycles. The van der Waals surface area contributed by atoms with Gasteiger partial charge in [-0.25, -0.2) is 4.98 Å². The zero-order valence-electron chi connectivity index (χ0n) is 12.3. The summed E-state index contributed by atoms with van der Waals surface area (Å²) >= 11 is 3.49. The van der Waals surface area contributed by atoms with Gasteiger partial charge in [-0.05, 0) is 30.9 Å². The van der Waals surface area contributed by atoms with E-state index in [1.807, 2.05) is 7.05 Å². The fraction of sp³-hybridized carbons (Fsp3) is 0.333. The molecule has 0 saturated heterocycles. The van der Waals surface area contributed by atoms with Crippen molar-refractivity contribution in [2.24, 2.45) is 0 Å². The van der Waals surface area contributed by atoms with Gasteiger partial charge in [-0.1, -0.05) is 13.0 Å². The van der Waals surface area contributed by atoms with E-state index in [0.717, 1.165) is 22.5 Å². The summed E-state index contributed by atoms with van der Waals surface area (Å²) in [4.78, 5) is 12.8. The maximum Gasteiger partial charge on any atom is 0.225 e. The molecule has 1 unspecified atom stereocenters. The predicted molar refractivity (Wildman–Crippen MR) is 92.7 cm³/mol. The Labute approximate surface area is 132 Å². The van der Waals surface area contributed by atoms with Crippen molar-refractivity contribution in [2.75, 3.05) is 17.7 Å². The van der Waals surface area contributed by atoms with E-state index in [1.54, 1.807) is 22.7 Å². The van der Waals surface area contributed by atoms with Crippen LogP contribution in [0.25, 0.3) is 10.2 Å². The van der Waals surface area contributed by atoms with Crippen LogP contribution in [0.3, 0.4) is 0 Å². The Morgan fingerprint density at radius 2 is 2.19 bits per heavy atom. The molecular weight excluding hydrogens is 300 g/mol. The van der Waals surface area contributed by atoms with Crippen LogP contribution < -0.4 is 10.6 Å². The molecule has 0 fully saturated rings. The third-order valence-corrected chi connectivity index (χ3v) is 5.57. The number of rotatable bonds is 5. The van der Waals surface area contributed by atoms with E-state index in [9.17, 15) is 0 Å². The highest BCUT2D eigenvalue weighted by atomic mass is 32.1. The molecule has 0 amide bonds. The first kappa shape index (κ1) is 14.3. The lowest BCUT2D eigenvalue weighted by Crippen LogP contribution is -2.08. The number of nitrogens with one attached hydrogen (secondary N) is 2. The van der Waals surface area contributed by atoms with E-state index < -0.39 is 0 Å². The van der Waals surface area contributed by atoms with Crippen LogP contribution in [0.1, 0.15) is 29.6 Å². The van der Waals surface area contributed by atoms with Crippen LogP contribution >= 0.6 is 22.7 Å². The first-order valence-electron chi connectivity index (χ1n) is 6.99. The molecular formula is C15H18N4S2. The first-order valence-corrected chi connectivity index (χ1v) is 8.69. The van der Waals surface area contributed by atoms with Gasteiger partial charge in [0, 0.05) is 16.8 Å². The highest BCUT2D eigenvalue weighted by molar-refractivity contribution is 7.18. The number of fused-ring (bicyclic) bond motifs is 1. The Morgan fingerprint density at radius 1 is 1.33 bits per heavy atom. The van der Waals surface area contributed by atoms with E-state index in [2.05, 4.69) is 58.0 Å². The van der Waals surface area contributed by atoms with Gasteiger partial charge in [0.05, 0.1) is 11.4 Å².